The number of anilines is 1. The van der Waals surface area contributed by atoms with E-state index in [0.29, 0.717) is 17.1 Å². The minimum Gasteiger partial charge on any atom is -0.383 e. The van der Waals surface area contributed by atoms with Gasteiger partial charge < -0.3 is 5.73 Å². The summed E-state index contributed by atoms with van der Waals surface area (Å²) in [5.74, 6) is 0.280. The zero-order valence-corrected chi connectivity index (χ0v) is 10.1. The number of rotatable bonds is 2. The molecule has 0 aliphatic carbocycles. The molecule has 0 unspecified atom stereocenters. The van der Waals surface area contributed by atoms with E-state index in [1.165, 1.54) is 10.9 Å². The maximum atomic E-state index is 11.9. The van der Waals surface area contributed by atoms with Crippen molar-refractivity contribution in [1.29, 1.82) is 0 Å². The normalized spacial score (nSPS) is 10.5. The third kappa shape index (κ3) is 2.47. The molecule has 17 heavy (non-hydrogen) atoms. The first-order valence-corrected chi connectivity index (χ1v) is 5.51. The van der Waals surface area contributed by atoms with Crippen LogP contribution in [0.2, 0.25) is 5.02 Å². The standard InChI is InChI=1S/C12H12ClN3O/c1-8-11(14)15-7-16(12(8)17)6-9-2-4-10(13)5-3-9/h2-5,7H,6,14H2,1H3. The van der Waals surface area contributed by atoms with Gasteiger partial charge >= 0.3 is 0 Å². The Kier molecular flexibility index (Phi) is 3.15. The molecular formula is C12H12ClN3O. The van der Waals surface area contributed by atoms with Gasteiger partial charge in [0.15, 0.2) is 0 Å². The zero-order chi connectivity index (χ0) is 12.4. The fraction of sp³-hybridized carbons (Fsp3) is 0.167. The SMILES string of the molecule is Cc1c(N)ncn(Cc2ccc(Cl)cc2)c1=O. The van der Waals surface area contributed by atoms with Crippen LogP contribution in [-0.4, -0.2) is 9.55 Å². The first kappa shape index (κ1) is 11.7. The van der Waals surface area contributed by atoms with Crippen molar-refractivity contribution < 1.29 is 0 Å². The monoisotopic (exact) mass is 249 g/mol. The quantitative estimate of drug-likeness (QED) is 0.883. The largest absolute Gasteiger partial charge is 0.383 e. The lowest BCUT2D eigenvalue weighted by molar-refractivity contribution is 0.731. The number of aromatic nitrogens is 2. The van der Waals surface area contributed by atoms with Gasteiger partial charge in [-0.25, -0.2) is 4.98 Å². The number of hydrogen-bond donors (Lipinski definition) is 1. The smallest absolute Gasteiger partial charge is 0.258 e. The summed E-state index contributed by atoms with van der Waals surface area (Å²) in [6.45, 7) is 2.13. The molecule has 0 saturated carbocycles. The molecule has 4 nitrogen and oxygen atoms in total. The molecule has 2 N–H and O–H groups in total. The second-order valence-electron chi connectivity index (χ2n) is 3.81. The Morgan fingerprint density at radius 1 is 1.35 bits per heavy atom. The van der Waals surface area contributed by atoms with Gasteiger partial charge in [-0.15, -0.1) is 0 Å². The highest BCUT2D eigenvalue weighted by molar-refractivity contribution is 6.30. The molecule has 0 fully saturated rings. The molecule has 0 aliphatic rings. The summed E-state index contributed by atoms with van der Waals surface area (Å²) in [7, 11) is 0. The molecule has 88 valence electrons. The topological polar surface area (TPSA) is 60.9 Å². The highest BCUT2D eigenvalue weighted by Gasteiger charge is 2.04. The summed E-state index contributed by atoms with van der Waals surface area (Å²) < 4.78 is 1.52. The Labute approximate surface area is 104 Å². The van der Waals surface area contributed by atoms with E-state index in [2.05, 4.69) is 4.98 Å². The van der Waals surface area contributed by atoms with Gasteiger partial charge in [0, 0.05) is 5.02 Å². The van der Waals surface area contributed by atoms with Gasteiger partial charge in [0.05, 0.1) is 12.1 Å². The van der Waals surface area contributed by atoms with E-state index in [0.717, 1.165) is 5.56 Å². The Balaban J connectivity index is 2.34. The minimum atomic E-state index is -0.118. The molecule has 0 aliphatic heterocycles. The second-order valence-corrected chi connectivity index (χ2v) is 4.25. The number of nitrogens with two attached hydrogens (primary N) is 1. The van der Waals surface area contributed by atoms with Crippen molar-refractivity contribution in [3.63, 3.8) is 0 Å². The number of benzene rings is 1. The molecule has 0 spiro atoms. The fourth-order valence-electron chi connectivity index (χ4n) is 1.51. The second kappa shape index (κ2) is 4.59. The molecule has 0 atom stereocenters. The van der Waals surface area contributed by atoms with Gasteiger partial charge in [0.25, 0.3) is 5.56 Å². The van der Waals surface area contributed by atoms with Gasteiger partial charge in [-0.3, -0.25) is 9.36 Å². The molecule has 5 heteroatoms. The molecule has 1 aromatic heterocycles. The molecule has 0 saturated heterocycles. The first-order valence-electron chi connectivity index (χ1n) is 5.14. The number of hydrogen-bond acceptors (Lipinski definition) is 3. The summed E-state index contributed by atoms with van der Waals surface area (Å²) in [4.78, 5) is 15.8. The predicted molar refractivity (Wildman–Crippen MR) is 68.2 cm³/mol. The van der Waals surface area contributed by atoms with Crippen LogP contribution >= 0.6 is 11.6 Å². The van der Waals surface area contributed by atoms with Crippen LogP contribution in [0.25, 0.3) is 0 Å². The number of nitrogen functional groups attached to an aromatic ring is 1. The molecule has 0 radical (unpaired) electrons. The summed E-state index contributed by atoms with van der Waals surface area (Å²) >= 11 is 5.79. The van der Waals surface area contributed by atoms with Crippen LogP contribution in [0.3, 0.4) is 0 Å². The summed E-state index contributed by atoms with van der Waals surface area (Å²) in [5, 5.41) is 0.674. The van der Waals surface area contributed by atoms with Gasteiger partial charge in [-0.1, -0.05) is 23.7 Å². The van der Waals surface area contributed by atoms with E-state index in [1.54, 1.807) is 19.1 Å². The van der Waals surface area contributed by atoms with Crippen molar-refractivity contribution in [2.45, 2.75) is 13.5 Å². The van der Waals surface area contributed by atoms with Gasteiger partial charge in [0.2, 0.25) is 0 Å². The van der Waals surface area contributed by atoms with Crippen LogP contribution in [0.15, 0.2) is 35.4 Å². The number of nitrogens with zero attached hydrogens (tertiary/aromatic N) is 2. The lowest BCUT2D eigenvalue weighted by Gasteiger charge is -2.07. The third-order valence-electron chi connectivity index (χ3n) is 2.57. The van der Waals surface area contributed by atoms with Gasteiger partial charge in [0.1, 0.15) is 12.1 Å². The van der Waals surface area contributed by atoms with E-state index < -0.39 is 0 Å². The molecule has 1 aromatic carbocycles. The van der Waals surface area contributed by atoms with Crippen LogP contribution in [0.5, 0.6) is 0 Å². The van der Waals surface area contributed by atoms with Crippen LogP contribution in [0.4, 0.5) is 5.82 Å². The maximum Gasteiger partial charge on any atom is 0.258 e. The average molecular weight is 250 g/mol. The molecule has 1 heterocycles. The van der Waals surface area contributed by atoms with Crippen molar-refractivity contribution in [2.24, 2.45) is 0 Å². The van der Waals surface area contributed by atoms with E-state index in [-0.39, 0.29) is 11.4 Å². The molecule has 2 rings (SSSR count). The zero-order valence-electron chi connectivity index (χ0n) is 9.35. The lowest BCUT2D eigenvalue weighted by atomic mass is 10.2. The highest BCUT2D eigenvalue weighted by atomic mass is 35.5. The third-order valence-corrected chi connectivity index (χ3v) is 2.82. The van der Waals surface area contributed by atoms with Crippen LogP contribution in [0.1, 0.15) is 11.1 Å². The Hall–Kier alpha value is -1.81. The van der Waals surface area contributed by atoms with E-state index >= 15 is 0 Å². The van der Waals surface area contributed by atoms with Crippen molar-refractivity contribution >= 4 is 17.4 Å². The van der Waals surface area contributed by atoms with Crippen LogP contribution in [0, 0.1) is 6.92 Å². The van der Waals surface area contributed by atoms with Crippen molar-refractivity contribution in [3.8, 4) is 0 Å². The summed E-state index contributed by atoms with van der Waals surface area (Å²) in [5.41, 5.74) is 6.90. The van der Waals surface area contributed by atoms with Gasteiger partial charge in [-0.05, 0) is 24.6 Å². The van der Waals surface area contributed by atoms with Crippen molar-refractivity contribution in [1.82, 2.24) is 9.55 Å². The molecule has 2 aromatic rings. The molecular weight excluding hydrogens is 238 g/mol. The van der Waals surface area contributed by atoms with Crippen molar-refractivity contribution in [3.05, 3.63) is 57.1 Å². The Bertz CT molecular complexity index is 590. The Morgan fingerprint density at radius 3 is 2.65 bits per heavy atom. The van der Waals surface area contributed by atoms with Gasteiger partial charge in [-0.2, -0.15) is 0 Å². The fourth-order valence-corrected chi connectivity index (χ4v) is 1.63. The minimum absolute atomic E-state index is 0.118. The highest BCUT2D eigenvalue weighted by Crippen LogP contribution is 2.10. The number of halogens is 1. The summed E-state index contributed by atoms with van der Waals surface area (Å²) in [6, 6.07) is 7.33. The van der Waals surface area contributed by atoms with Crippen LogP contribution in [-0.2, 0) is 6.54 Å². The molecule has 0 amide bonds. The maximum absolute atomic E-state index is 11.9. The Morgan fingerprint density at radius 2 is 2.00 bits per heavy atom. The predicted octanol–water partition coefficient (Wildman–Crippen LogP) is 1.84. The average Bonchev–Trinajstić information content (AvgIpc) is 2.33. The summed E-state index contributed by atoms with van der Waals surface area (Å²) in [6.07, 6.45) is 1.46. The lowest BCUT2D eigenvalue weighted by Crippen LogP contribution is -2.24. The van der Waals surface area contributed by atoms with Crippen LogP contribution < -0.4 is 11.3 Å². The molecule has 0 bridgehead atoms. The first-order chi connectivity index (χ1) is 8.08. The van der Waals surface area contributed by atoms with E-state index in [9.17, 15) is 4.79 Å². The van der Waals surface area contributed by atoms with Crippen molar-refractivity contribution in [2.75, 3.05) is 5.73 Å². The van der Waals surface area contributed by atoms with E-state index in [4.69, 9.17) is 17.3 Å². The van der Waals surface area contributed by atoms with E-state index in [1.807, 2.05) is 12.1 Å².